The number of rotatable bonds is 7. The van der Waals surface area contributed by atoms with Crippen molar-refractivity contribution in [2.75, 3.05) is 6.61 Å². The smallest absolute Gasteiger partial charge is 0.338 e. The summed E-state index contributed by atoms with van der Waals surface area (Å²) >= 11 is 1.30. The molecular weight excluding hydrogens is 437 g/mol. The van der Waals surface area contributed by atoms with Gasteiger partial charge < -0.3 is 9.30 Å². The summed E-state index contributed by atoms with van der Waals surface area (Å²) in [7, 11) is 0. The lowest BCUT2D eigenvalue weighted by Gasteiger charge is -2.10. The van der Waals surface area contributed by atoms with Gasteiger partial charge in [0, 0.05) is 11.8 Å². The fourth-order valence-electron chi connectivity index (χ4n) is 3.37. The molecule has 1 aromatic heterocycles. The molecule has 0 fully saturated rings. The van der Waals surface area contributed by atoms with Crippen LogP contribution in [-0.2, 0) is 17.0 Å². The molecule has 0 bridgehead atoms. The molecule has 0 spiro atoms. The second-order valence-corrected chi connectivity index (χ2v) is 8.04. The van der Waals surface area contributed by atoms with Crippen LogP contribution in [0.1, 0.15) is 28.4 Å². The number of hydrogen-bond acceptors (Lipinski definition) is 4. The Balaban J connectivity index is 1.71. The maximum atomic E-state index is 13.7. The number of nitrogens with zero attached hydrogens (tertiary/aromatic N) is 2. The summed E-state index contributed by atoms with van der Waals surface area (Å²) in [4.78, 5) is 16.7. The molecule has 164 valence electrons. The number of carbonyl (C=O) groups excluding carboxylic acids is 1. The molecule has 0 aliphatic heterocycles. The molecule has 0 radical (unpaired) electrons. The molecule has 0 unspecified atom stereocenters. The van der Waals surface area contributed by atoms with Gasteiger partial charge >= 0.3 is 5.97 Å². The molecule has 4 nitrogen and oxygen atoms in total. The Morgan fingerprint density at radius 1 is 0.969 bits per heavy atom. The Hall–Kier alpha value is -3.26. The largest absolute Gasteiger partial charge is 0.462 e. The van der Waals surface area contributed by atoms with Crippen LogP contribution in [0.3, 0.4) is 0 Å². The quantitative estimate of drug-likeness (QED) is 0.254. The highest BCUT2D eigenvalue weighted by molar-refractivity contribution is 7.98. The summed E-state index contributed by atoms with van der Waals surface area (Å²) in [6, 6.07) is 14.7. The van der Waals surface area contributed by atoms with Crippen LogP contribution in [-0.4, -0.2) is 22.1 Å². The third kappa shape index (κ3) is 4.96. The van der Waals surface area contributed by atoms with Gasteiger partial charge in [-0.15, -0.1) is 0 Å². The van der Waals surface area contributed by atoms with Gasteiger partial charge in [0.05, 0.1) is 29.7 Å². The zero-order valence-corrected chi connectivity index (χ0v) is 18.0. The summed E-state index contributed by atoms with van der Waals surface area (Å²) in [6.45, 7) is 2.33. The van der Waals surface area contributed by atoms with Crippen LogP contribution in [0.5, 0.6) is 0 Å². The molecule has 0 aliphatic carbocycles. The first-order chi connectivity index (χ1) is 15.4. The van der Waals surface area contributed by atoms with Crippen LogP contribution in [0.4, 0.5) is 13.2 Å². The number of aromatic nitrogens is 2. The summed E-state index contributed by atoms with van der Waals surface area (Å²) in [6.07, 6.45) is 0. The number of ether oxygens (including phenoxy) is 1. The van der Waals surface area contributed by atoms with E-state index in [1.165, 1.54) is 36.0 Å². The van der Waals surface area contributed by atoms with E-state index in [2.05, 4.69) is 4.98 Å². The molecular formula is C24H19F3N2O2S. The van der Waals surface area contributed by atoms with E-state index in [4.69, 9.17) is 4.74 Å². The number of hydrogen-bond donors (Lipinski definition) is 0. The molecule has 0 saturated carbocycles. The lowest BCUT2D eigenvalue weighted by Crippen LogP contribution is -2.05. The number of benzene rings is 3. The predicted octanol–water partition coefficient (Wildman–Crippen LogP) is 5.97. The molecule has 1 heterocycles. The number of imidazole rings is 1. The molecule has 0 saturated heterocycles. The summed E-state index contributed by atoms with van der Waals surface area (Å²) in [5.74, 6) is -1.80. The monoisotopic (exact) mass is 456 g/mol. The third-order valence-corrected chi connectivity index (χ3v) is 5.79. The standard InChI is InChI=1S/C24H19F3N2O2S/c1-2-31-23(30)17-6-7-22-21(11-17)28-24(29(22)13-15-4-3-5-18(25)8-15)32-14-16-9-19(26)12-20(27)10-16/h3-12H,2,13-14H2,1H3. The van der Waals surface area contributed by atoms with Gasteiger partial charge in [-0.2, -0.15) is 0 Å². The van der Waals surface area contributed by atoms with Gasteiger partial charge in [0.15, 0.2) is 5.16 Å². The average Bonchev–Trinajstić information content (AvgIpc) is 3.08. The molecule has 3 aromatic carbocycles. The Morgan fingerprint density at radius 2 is 1.72 bits per heavy atom. The fourth-order valence-corrected chi connectivity index (χ4v) is 4.32. The Labute approximate surface area is 187 Å². The van der Waals surface area contributed by atoms with Crippen molar-refractivity contribution < 1.29 is 22.7 Å². The maximum absolute atomic E-state index is 13.7. The number of thioether (sulfide) groups is 1. The Kier molecular flexibility index (Phi) is 6.50. The third-order valence-electron chi connectivity index (χ3n) is 4.74. The van der Waals surface area contributed by atoms with Crippen molar-refractivity contribution in [3.8, 4) is 0 Å². The minimum Gasteiger partial charge on any atom is -0.462 e. The first kappa shape index (κ1) is 22.0. The van der Waals surface area contributed by atoms with Gasteiger partial charge in [-0.3, -0.25) is 0 Å². The average molecular weight is 456 g/mol. The van der Waals surface area contributed by atoms with Crippen LogP contribution in [0, 0.1) is 17.5 Å². The van der Waals surface area contributed by atoms with Crippen molar-refractivity contribution in [2.45, 2.75) is 24.4 Å². The first-order valence-corrected chi connectivity index (χ1v) is 10.9. The van der Waals surface area contributed by atoms with Gasteiger partial charge in [-0.1, -0.05) is 23.9 Å². The van der Waals surface area contributed by atoms with Crippen molar-refractivity contribution in [1.82, 2.24) is 9.55 Å². The Bertz CT molecular complexity index is 1270. The van der Waals surface area contributed by atoms with E-state index in [0.717, 1.165) is 17.1 Å². The van der Waals surface area contributed by atoms with E-state index in [1.54, 1.807) is 37.3 Å². The van der Waals surface area contributed by atoms with E-state index in [9.17, 15) is 18.0 Å². The predicted molar refractivity (Wildman–Crippen MR) is 117 cm³/mol. The van der Waals surface area contributed by atoms with Crippen LogP contribution in [0.2, 0.25) is 0 Å². The highest BCUT2D eigenvalue weighted by atomic mass is 32.2. The fraction of sp³-hybridized carbons (Fsp3) is 0.167. The first-order valence-electron chi connectivity index (χ1n) is 9.92. The molecule has 0 amide bonds. The Morgan fingerprint density at radius 3 is 2.44 bits per heavy atom. The highest BCUT2D eigenvalue weighted by Gasteiger charge is 2.16. The second-order valence-electron chi connectivity index (χ2n) is 7.10. The van der Waals surface area contributed by atoms with Crippen molar-refractivity contribution in [3.05, 3.63) is 94.8 Å². The lowest BCUT2D eigenvalue weighted by molar-refractivity contribution is 0.0526. The normalized spacial score (nSPS) is 11.1. The van der Waals surface area contributed by atoms with Crippen LogP contribution < -0.4 is 0 Å². The molecule has 0 N–H and O–H groups in total. The molecule has 4 rings (SSSR count). The summed E-state index contributed by atoms with van der Waals surface area (Å²) in [5.41, 5.74) is 2.90. The van der Waals surface area contributed by atoms with Gasteiger partial charge in [0.1, 0.15) is 17.5 Å². The van der Waals surface area contributed by atoms with Crippen LogP contribution >= 0.6 is 11.8 Å². The molecule has 0 atom stereocenters. The molecule has 4 aromatic rings. The summed E-state index contributed by atoms with van der Waals surface area (Å²) in [5, 5.41) is 0.579. The van der Waals surface area contributed by atoms with Crippen LogP contribution in [0.15, 0.2) is 65.8 Å². The second kappa shape index (κ2) is 9.48. The van der Waals surface area contributed by atoms with E-state index in [1.807, 2.05) is 4.57 Å². The lowest BCUT2D eigenvalue weighted by atomic mass is 10.2. The number of carbonyl (C=O) groups is 1. The van der Waals surface area contributed by atoms with Gasteiger partial charge in [-0.25, -0.2) is 22.9 Å². The molecule has 32 heavy (non-hydrogen) atoms. The van der Waals surface area contributed by atoms with Crippen molar-refractivity contribution in [2.24, 2.45) is 0 Å². The highest BCUT2D eigenvalue weighted by Crippen LogP contribution is 2.29. The van der Waals surface area contributed by atoms with Crippen molar-refractivity contribution in [3.63, 3.8) is 0 Å². The van der Waals surface area contributed by atoms with E-state index in [-0.39, 0.29) is 18.2 Å². The number of esters is 1. The van der Waals surface area contributed by atoms with Crippen LogP contribution in [0.25, 0.3) is 11.0 Å². The summed E-state index contributed by atoms with van der Waals surface area (Å²) < 4.78 is 47.8. The van der Waals surface area contributed by atoms with E-state index in [0.29, 0.717) is 28.3 Å². The van der Waals surface area contributed by atoms with Crippen molar-refractivity contribution >= 4 is 28.8 Å². The minimum absolute atomic E-state index is 0.260. The van der Waals surface area contributed by atoms with Gasteiger partial charge in [-0.05, 0) is 60.5 Å². The SMILES string of the molecule is CCOC(=O)c1ccc2c(c1)nc(SCc1cc(F)cc(F)c1)n2Cc1cccc(F)c1. The minimum atomic E-state index is -0.645. The van der Waals surface area contributed by atoms with E-state index >= 15 is 0 Å². The van der Waals surface area contributed by atoms with E-state index < -0.39 is 17.6 Å². The molecule has 0 aliphatic rings. The van der Waals surface area contributed by atoms with Crippen molar-refractivity contribution in [1.29, 1.82) is 0 Å². The zero-order chi connectivity index (χ0) is 22.7. The van der Waals surface area contributed by atoms with Gasteiger partial charge in [0.25, 0.3) is 0 Å². The number of fused-ring (bicyclic) bond motifs is 1. The number of halogens is 3. The van der Waals surface area contributed by atoms with Gasteiger partial charge in [0.2, 0.25) is 0 Å². The topological polar surface area (TPSA) is 44.1 Å². The maximum Gasteiger partial charge on any atom is 0.338 e. The molecule has 8 heteroatoms. The zero-order valence-electron chi connectivity index (χ0n) is 17.1.